The molecule has 0 saturated carbocycles. The van der Waals surface area contributed by atoms with Crippen LogP contribution in [0.2, 0.25) is 0 Å². The highest BCUT2D eigenvalue weighted by atomic mass is 19.1. The number of carbonyl (C=O) groups excluding carboxylic acids is 1. The summed E-state index contributed by atoms with van der Waals surface area (Å²) in [5.74, 6) is -1.23. The topological polar surface area (TPSA) is 69.6 Å². The third kappa shape index (κ3) is 2.90. The Hall–Kier alpha value is -1.66. The maximum absolute atomic E-state index is 13.1. The molecular weight excluding hydrogens is 200 g/mol. The Balaban J connectivity index is 3.00. The van der Waals surface area contributed by atoms with Gasteiger partial charge in [-0.05, 0) is 23.7 Å². The fourth-order valence-corrected chi connectivity index (χ4v) is 0.983. The second-order valence-corrected chi connectivity index (χ2v) is 2.81. The fraction of sp³-hybridized carbons (Fsp3) is 0. The highest BCUT2D eigenvalue weighted by Crippen LogP contribution is 2.11. The summed E-state index contributed by atoms with van der Waals surface area (Å²) in [6.45, 7) is 3.21. The van der Waals surface area contributed by atoms with Crippen molar-refractivity contribution < 1.29 is 19.2 Å². The van der Waals surface area contributed by atoms with Gasteiger partial charge in [0.1, 0.15) is 5.82 Å². The van der Waals surface area contributed by atoms with E-state index in [1.165, 1.54) is 6.07 Å². The first kappa shape index (κ1) is 11.4. The van der Waals surface area contributed by atoms with Gasteiger partial charge in [-0.3, -0.25) is 4.79 Å². The number of nitrogens with one attached hydrogen (secondary N) is 1. The molecule has 0 spiro atoms. The maximum Gasteiger partial charge on any atom is 0.488 e. The van der Waals surface area contributed by atoms with E-state index in [0.717, 1.165) is 18.2 Å². The predicted molar refractivity (Wildman–Crippen MR) is 55.1 cm³/mol. The number of amides is 1. The fourth-order valence-electron chi connectivity index (χ4n) is 0.983. The molecule has 3 N–H and O–H groups in total. The van der Waals surface area contributed by atoms with Crippen molar-refractivity contribution in [2.75, 3.05) is 5.32 Å². The molecule has 1 aromatic carbocycles. The highest BCUT2D eigenvalue weighted by molar-refractivity contribution is 6.58. The van der Waals surface area contributed by atoms with E-state index < -0.39 is 18.8 Å². The molecule has 0 bridgehead atoms. The SMILES string of the molecule is C=CC(=O)Nc1cc(B(O)O)ccc1F. The monoisotopic (exact) mass is 209 g/mol. The summed E-state index contributed by atoms with van der Waals surface area (Å²) in [6, 6.07) is 3.39. The number of hydrogen-bond acceptors (Lipinski definition) is 3. The van der Waals surface area contributed by atoms with E-state index in [0.29, 0.717) is 0 Å². The lowest BCUT2D eigenvalue weighted by Gasteiger charge is -2.06. The molecule has 0 atom stereocenters. The average molecular weight is 209 g/mol. The van der Waals surface area contributed by atoms with Gasteiger partial charge in [0.2, 0.25) is 5.91 Å². The lowest BCUT2D eigenvalue weighted by molar-refractivity contribution is -0.111. The second-order valence-electron chi connectivity index (χ2n) is 2.81. The van der Waals surface area contributed by atoms with E-state index in [9.17, 15) is 9.18 Å². The Morgan fingerprint density at radius 3 is 2.73 bits per heavy atom. The van der Waals surface area contributed by atoms with Crippen LogP contribution in [0, 0.1) is 5.82 Å². The molecule has 0 unspecified atom stereocenters. The molecule has 0 aliphatic rings. The van der Waals surface area contributed by atoms with Gasteiger partial charge in [-0.25, -0.2) is 4.39 Å². The Bertz CT molecular complexity index is 395. The van der Waals surface area contributed by atoms with Gasteiger partial charge >= 0.3 is 7.12 Å². The van der Waals surface area contributed by atoms with Crippen molar-refractivity contribution in [1.82, 2.24) is 0 Å². The molecule has 0 aliphatic carbocycles. The summed E-state index contributed by atoms with van der Waals surface area (Å²) >= 11 is 0. The van der Waals surface area contributed by atoms with Crippen molar-refractivity contribution in [2.45, 2.75) is 0 Å². The van der Waals surface area contributed by atoms with Crippen LogP contribution in [-0.2, 0) is 4.79 Å². The Kier molecular flexibility index (Phi) is 3.59. The summed E-state index contributed by atoms with van der Waals surface area (Å²) in [7, 11) is -1.70. The van der Waals surface area contributed by atoms with Crippen LogP contribution in [0.3, 0.4) is 0 Å². The normalized spacial score (nSPS) is 9.53. The number of anilines is 1. The van der Waals surface area contributed by atoms with Crippen LogP contribution in [0.25, 0.3) is 0 Å². The van der Waals surface area contributed by atoms with Crippen molar-refractivity contribution in [3.8, 4) is 0 Å². The average Bonchev–Trinajstić information content (AvgIpc) is 2.20. The van der Waals surface area contributed by atoms with E-state index in [1.807, 2.05) is 0 Å². The molecule has 1 amide bonds. The summed E-state index contributed by atoms with van der Waals surface area (Å²) in [5, 5.41) is 19.9. The van der Waals surface area contributed by atoms with Crippen LogP contribution in [0.15, 0.2) is 30.9 Å². The molecule has 78 valence electrons. The molecule has 0 aromatic heterocycles. The third-order valence-electron chi connectivity index (χ3n) is 1.73. The Labute approximate surface area is 86.2 Å². The lowest BCUT2D eigenvalue weighted by Crippen LogP contribution is -2.30. The van der Waals surface area contributed by atoms with Crippen LogP contribution < -0.4 is 10.8 Å². The first-order chi connectivity index (χ1) is 7.04. The number of carbonyl (C=O) groups is 1. The Morgan fingerprint density at radius 2 is 2.20 bits per heavy atom. The van der Waals surface area contributed by atoms with Gasteiger partial charge in [0.25, 0.3) is 0 Å². The van der Waals surface area contributed by atoms with Crippen molar-refractivity contribution >= 4 is 24.2 Å². The summed E-state index contributed by atoms with van der Waals surface area (Å²) in [6.07, 6.45) is 0.988. The van der Waals surface area contributed by atoms with E-state index in [-0.39, 0.29) is 11.2 Å². The zero-order chi connectivity index (χ0) is 11.4. The molecule has 0 saturated heterocycles. The maximum atomic E-state index is 13.1. The number of rotatable bonds is 3. The number of halogens is 1. The van der Waals surface area contributed by atoms with Crippen LogP contribution in [-0.4, -0.2) is 23.1 Å². The molecule has 0 aliphatic heterocycles. The van der Waals surface area contributed by atoms with Crippen molar-refractivity contribution in [3.05, 3.63) is 36.7 Å². The molecule has 1 rings (SSSR count). The lowest BCUT2D eigenvalue weighted by atomic mass is 9.80. The summed E-state index contributed by atoms with van der Waals surface area (Å²) < 4.78 is 13.1. The van der Waals surface area contributed by atoms with Gasteiger partial charge < -0.3 is 15.4 Å². The largest absolute Gasteiger partial charge is 0.488 e. The van der Waals surface area contributed by atoms with Gasteiger partial charge in [0.15, 0.2) is 0 Å². The van der Waals surface area contributed by atoms with Crippen LogP contribution >= 0.6 is 0 Å². The smallest absolute Gasteiger partial charge is 0.423 e. The first-order valence-electron chi connectivity index (χ1n) is 4.13. The quantitative estimate of drug-likeness (QED) is 0.469. The molecule has 6 heteroatoms. The van der Waals surface area contributed by atoms with E-state index >= 15 is 0 Å². The van der Waals surface area contributed by atoms with Crippen LogP contribution in [0.1, 0.15) is 0 Å². The van der Waals surface area contributed by atoms with E-state index in [4.69, 9.17) is 10.0 Å². The molecule has 15 heavy (non-hydrogen) atoms. The molecule has 0 heterocycles. The van der Waals surface area contributed by atoms with Crippen LogP contribution in [0.5, 0.6) is 0 Å². The third-order valence-corrected chi connectivity index (χ3v) is 1.73. The van der Waals surface area contributed by atoms with Gasteiger partial charge in [-0.1, -0.05) is 12.6 Å². The summed E-state index contributed by atoms with van der Waals surface area (Å²) in [5.41, 5.74) is -0.0266. The molecule has 0 fully saturated rings. The minimum Gasteiger partial charge on any atom is -0.423 e. The van der Waals surface area contributed by atoms with Crippen molar-refractivity contribution in [2.24, 2.45) is 0 Å². The molecule has 4 nitrogen and oxygen atoms in total. The predicted octanol–water partition coefficient (Wildman–Crippen LogP) is -0.370. The molecular formula is C9H9BFNO3. The minimum atomic E-state index is -1.70. The summed E-state index contributed by atoms with van der Waals surface area (Å²) in [4.78, 5) is 10.9. The van der Waals surface area contributed by atoms with Gasteiger partial charge in [0, 0.05) is 0 Å². The first-order valence-corrected chi connectivity index (χ1v) is 4.13. The second kappa shape index (κ2) is 4.72. The Morgan fingerprint density at radius 1 is 1.53 bits per heavy atom. The molecule has 1 aromatic rings. The van der Waals surface area contributed by atoms with Crippen molar-refractivity contribution in [1.29, 1.82) is 0 Å². The zero-order valence-corrected chi connectivity index (χ0v) is 7.77. The van der Waals surface area contributed by atoms with Gasteiger partial charge in [0.05, 0.1) is 5.69 Å². The minimum absolute atomic E-state index is 0.0933. The van der Waals surface area contributed by atoms with Crippen LogP contribution in [0.4, 0.5) is 10.1 Å². The number of benzene rings is 1. The molecule has 0 radical (unpaired) electrons. The highest BCUT2D eigenvalue weighted by Gasteiger charge is 2.13. The van der Waals surface area contributed by atoms with E-state index in [2.05, 4.69) is 11.9 Å². The van der Waals surface area contributed by atoms with Gasteiger partial charge in [-0.2, -0.15) is 0 Å². The number of hydrogen-bond donors (Lipinski definition) is 3. The van der Waals surface area contributed by atoms with Gasteiger partial charge in [-0.15, -0.1) is 0 Å². The standard InChI is InChI=1S/C9H9BFNO3/c1-2-9(13)12-8-5-6(10(14)15)3-4-7(8)11/h2-5,14-15H,1H2,(H,12,13). The van der Waals surface area contributed by atoms with E-state index in [1.54, 1.807) is 0 Å². The van der Waals surface area contributed by atoms with Crippen molar-refractivity contribution in [3.63, 3.8) is 0 Å². The zero-order valence-electron chi connectivity index (χ0n) is 7.77.